The monoisotopic (exact) mass is 468 g/mol. The van der Waals surface area contributed by atoms with Crippen molar-refractivity contribution in [1.82, 2.24) is 19.2 Å². The highest BCUT2D eigenvalue weighted by Gasteiger charge is 2.20. The quantitative estimate of drug-likeness (QED) is 0.245. The van der Waals surface area contributed by atoms with E-state index in [2.05, 4.69) is 24.0 Å². The van der Waals surface area contributed by atoms with Crippen LogP contribution < -0.4 is 5.56 Å². The van der Waals surface area contributed by atoms with Gasteiger partial charge in [0.2, 0.25) is 5.78 Å². The molecule has 0 aliphatic heterocycles. The van der Waals surface area contributed by atoms with Gasteiger partial charge in [-0.1, -0.05) is 85.8 Å². The molecule has 5 aromatic rings. The van der Waals surface area contributed by atoms with Crippen molar-refractivity contribution in [2.45, 2.75) is 31.8 Å². The molecule has 2 heterocycles. The lowest BCUT2D eigenvalue weighted by atomic mass is 10.0. The van der Waals surface area contributed by atoms with Crippen LogP contribution in [0, 0.1) is 6.92 Å². The summed E-state index contributed by atoms with van der Waals surface area (Å²) in [4.78, 5) is 26.4. The minimum absolute atomic E-state index is 0.0181. The van der Waals surface area contributed by atoms with Gasteiger partial charge in [-0.3, -0.25) is 14.0 Å². The van der Waals surface area contributed by atoms with Gasteiger partial charge < -0.3 is 0 Å². The number of Topliss-reactive ketones (excluding diaryl/α,β-unsaturated/α-hetero) is 1. The molecule has 2 aromatic heterocycles. The van der Waals surface area contributed by atoms with Crippen molar-refractivity contribution in [3.05, 3.63) is 99.8 Å². The molecule has 0 bridgehead atoms. The number of nitrogens with zero attached hydrogens (tertiary/aromatic N) is 4. The zero-order valence-corrected chi connectivity index (χ0v) is 20.0. The summed E-state index contributed by atoms with van der Waals surface area (Å²) in [5.41, 5.74) is 4.19. The number of para-hydroxylation sites is 2. The van der Waals surface area contributed by atoms with Gasteiger partial charge in [0, 0.05) is 5.56 Å². The Hall–Kier alpha value is -3.71. The van der Waals surface area contributed by atoms with Crippen molar-refractivity contribution in [2.24, 2.45) is 0 Å². The first kappa shape index (κ1) is 22.1. The first-order valence-corrected chi connectivity index (χ1v) is 12.1. The lowest BCUT2D eigenvalue weighted by molar-refractivity contribution is 0.102. The Kier molecular flexibility index (Phi) is 5.79. The molecule has 7 heteroatoms. The number of fused-ring (bicyclic) bond motifs is 3. The summed E-state index contributed by atoms with van der Waals surface area (Å²) in [5, 5.41) is 9.94. The van der Waals surface area contributed by atoms with Crippen LogP contribution in [-0.2, 0) is 0 Å². The summed E-state index contributed by atoms with van der Waals surface area (Å²) in [7, 11) is 0. The van der Waals surface area contributed by atoms with Crippen LogP contribution in [0.15, 0.2) is 82.7 Å². The standard InChI is InChI=1S/C27H24N4O2S/c1-17(2)20-8-4-6-10-22(20)30-25(33)21-9-5-7-11-23(21)31-26(30)28-29-27(31)34-16-24(32)19-14-12-18(3)13-15-19/h4-15,17H,16H2,1-3H3. The van der Waals surface area contributed by atoms with Crippen LogP contribution in [0.2, 0.25) is 0 Å². The van der Waals surface area contributed by atoms with E-state index in [0.29, 0.717) is 21.9 Å². The van der Waals surface area contributed by atoms with Crippen LogP contribution in [0.25, 0.3) is 22.4 Å². The fraction of sp³-hybridized carbons (Fsp3) is 0.185. The number of aromatic nitrogens is 4. The summed E-state index contributed by atoms with van der Waals surface area (Å²) >= 11 is 1.32. The van der Waals surface area contributed by atoms with Gasteiger partial charge in [0.1, 0.15) is 0 Å². The largest absolute Gasteiger partial charge is 0.293 e. The van der Waals surface area contributed by atoms with Crippen LogP contribution in [0.3, 0.4) is 0 Å². The maximum atomic E-state index is 13.6. The third kappa shape index (κ3) is 3.82. The smallest absolute Gasteiger partial charge is 0.267 e. The average molecular weight is 469 g/mol. The van der Waals surface area contributed by atoms with E-state index in [1.54, 1.807) is 4.57 Å². The maximum Gasteiger partial charge on any atom is 0.267 e. The maximum absolute atomic E-state index is 13.6. The molecule has 34 heavy (non-hydrogen) atoms. The SMILES string of the molecule is Cc1ccc(C(=O)CSc2nnc3n(-c4ccccc4C(C)C)c(=O)c4ccccc4n23)cc1. The molecule has 0 amide bonds. The van der Waals surface area contributed by atoms with Gasteiger partial charge in [-0.15, -0.1) is 10.2 Å². The zero-order valence-electron chi connectivity index (χ0n) is 19.2. The van der Waals surface area contributed by atoms with Gasteiger partial charge in [0.05, 0.1) is 22.3 Å². The lowest BCUT2D eigenvalue weighted by Crippen LogP contribution is -2.23. The molecule has 0 atom stereocenters. The fourth-order valence-corrected chi connectivity index (χ4v) is 4.96. The number of carbonyl (C=O) groups excluding carboxylic acids is 1. The summed E-state index contributed by atoms with van der Waals surface area (Å²) in [6.07, 6.45) is 0. The Bertz CT molecular complexity index is 1580. The highest BCUT2D eigenvalue weighted by Crippen LogP contribution is 2.27. The number of carbonyl (C=O) groups is 1. The van der Waals surface area contributed by atoms with Crippen LogP contribution in [0.1, 0.15) is 41.3 Å². The second kappa shape index (κ2) is 8.91. The van der Waals surface area contributed by atoms with E-state index in [1.165, 1.54) is 11.8 Å². The summed E-state index contributed by atoms with van der Waals surface area (Å²) < 4.78 is 3.51. The molecule has 0 saturated carbocycles. The van der Waals surface area contributed by atoms with Gasteiger partial charge in [-0.2, -0.15) is 0 Å². The second-order valence-electron chi connectivity index (χ2n) is 8.57. The highest BCUT2D eigenvalue weighted by atomic mass is 32.2. The topological polar surface area (TPSA) is 69.3 Å². The van der Waals surface area contributed by atoms with Crippen molar-refractivity contribution in [2.75, 3.05) is 5.75 Å². The molecule has 170 valence electrons. The van der Waals surface area contributed by atoms with Crippen molar-refractivity contribution < 1.29 is 4.79 Å². The summed E-state index contributed by atoms with van der Waals surface area (Å²) in [6.45, 7) is 6.20. The zero-order chi connectivity index (χ0) is 23.8. The predicted octanol–water partition coefficient (Wildman–Crippen LogP) is 5.44. The van der Waals surface area contributed by atoms with Gasteiger partial charge in [0.15, 0.2) is 10.9 Å². The van der Waals surface area contributed by atoms with Gasteiger partial charge in [-0.05, 0) is 36.6 Å². The number of hydrogen-bond donors (Lipinski definition) is 0. The Morgan fingerprint density at radius 2 is 1.65 bits per heavy atom. The van der Waals surface area contributed by atoms with Crippen molar-refractivity contribution >= 4 is 34.2 Å². The summed E-state index contributed by atoms with van der Waals surface area (Å²) in [5.74, 6) is 0.894. The normalized spacial score (nSPS) is 11.5. The number of ketones is 1. The molecule has 0 radical (unpaired) electrons. The van der Waals surface area contributed by atoms with E-state index in [0.717, 1.165) is 22.3 Å². The lowest BCUT2D eigenvalue weighted by Gasteiger charge is -2.16. The molecule has 0 spiro atoms. The van der Waals surface area contributed by atoms with Gasteiger partial charge >= 0.3 is 0 Å². The Morgan fingerprint density at radius 3 is 2.41 bits per heavy atom. The first-order chi connectivity index (χ1) is 16.5. The molecule has 0 fully saturated rings. The van der Waals surface area contributed by atoms with E-state index in [9.17, 15) is 9.59 Å². The van der Waals surface area contributed by atoms with E-state index in [4.69, 9.17) is 0 Å². The number of thioether (sulfide) groups is 1. The molecule has 0 N–H and O–H groups in total. The molecule has 0 aliphatic carbocycles. The van der Waals surface area contributed by atoms with E-state index in [-0.39, 0.29) is 23.0 Å². The van der Waals surface area contributed by atoms with Gasteiger partial charge in [0.25, 0.3) is 5.56 Å². The molecule has 0 saturated heterocycles. The molecule has 6 nitrogen and oxygen atoms in total. The Morgan fingerprint density at radius 1 is 0.941 bits per heavy atom. The predicted molar refractivity (Wildman–Crippen MR) is 136 cm³/mol. The van der Waals surface area contributed by atoms with E-state index in [1.807, 2.05) is 84.1 Å². The average Bonchev–Trinajstić information content (AvgIpc) is 3.27. The van der Waals surface area contributed by atoms with Crippen LogP contribution in [0.4, 0.5) is 0 Å². The summed E-state index contributed by atoms with van der Waals surface area (Å²) in [6, 6.07) is 22.9. The van der Waals surface area contributed by atoms with Crippen LogP contribution >= 0.6 is 11.8 Å². The van der Waals surface area contributed by atoms with Crippen LogP contribution in [-0.4, -0.2) is 30.7 Å². The van der Waals surface area contributed by atoms with E-state index >= 15 is 0 Å². The number of aryl methyl sites for hydroxylation is 1. The Balaban J connectivity index is 1.66. The number of hydrogen-bond acceptors (Lipinski definition) is 5. The van der Waals surface area contributed by atoms with Crippen molar-refractivity contribution in [1.29, 1.82) is 0 Å². The highest BCUT2D eigenvalue weighted by molar-refractivity contribution is 7.99. The third-order valence-corrected chi connectivity index (χ3v) is 6.83. The second-order valence-corrected chi connectivity index (χ2v) is 9.51. The fourth-order valence-electron chi connectivity index (χ4n) is 4.12. The van der Waals surface area contributed by atoms with Gasteiger partial charge in [-0.25, -0.2) is 4.57 Å². The minimum Gasteiger partial charge on any atom is -0.293 e. The van der Waals surface area contributed by atoms with Crippen molar-refractivity contribution in [3.63, 3.8) is 0 Å². The molecular weight excluding hydrogens is 444 g/mol. The molecule has 0 aliphatic rings. The minimum atomic E-state index is -0.143. The number of benzene rings is 3. The van der Waals surface area contributed by atoms with Crippen molar-refractivity contribution in [3.8, 4) is 5.69 Å². The first-order valence-electron chi connectivity index (χ1n) is 11.2. The van der Waals surface area contributed by atoms with E-state index < -0.39 is 0 Å². The Labute approximate surface area is 201 Å². The number of rotatable bonds is 6. The molecule has 0 unspecified atom stereocenters. The molecule has 3 aromatic carbocycles. The molecule has 5 rings (SSSR count). The van der Waals surface area contributed by atoms with Crippen LogP contribution in [0.5, 0.6) is 0 Å². The molecular formula is C27H24N4O2S. The third-order valence-electron chi connectivity index (χ3n) is 5.90.